The summed E-state index contributed by atoms with van der Waals surface area (Å²) in [5.74, 6) is 1.47. The first-order chi connectivity index (χ1) is 10.2. The van der Waals surface area contributed by atoms with E-state index in [1.54, 1.807) is 6.07 Å². The molecule has 0 saturated carbocycles. The average Bonchev–Trinajstić information content (AvgIpc) is 3.15. The lowest BCUT2D eigenvalue weighted by Gasteiger charge is -2.30. The Labute approximate surface area is 122 Å². The fourth-order valence-electron chi connectivity index (χ4n) is 2.64. The van der Waals surface area contributed by atoms with Crippen molar-refractivity contribution < 1.29 is 9.32 Å². The van der Waals surface area contributed by atoms with Gasteiger partial charge in [-0.3, -0.25) is 9.89 Å². The SMILES string of the molecule is CCc1nc(C2CCCN(C(=O)c3cc(C)[nH]n3)C2)no1. The van der Waals surface area contributed by atoms with Crippen LogP contribution in [0.25, 0.3) is 0 Å². The molecule has 112 valence electrons. The molecule has 1 aliphatic rings. The van der Waals surface area contributed by atoms with Crippen LogP contribution in [0.1, 0.15) is 53.6 Å². The maximum atomic E-state index is 12.4. The number of rotatable bonds is 3. The second kappa shape index (κ2) is 5.67. The van der Waals surface area contributed by atoms with Crippen LogP contribution in [0.3, 0.4) is 0 Å². The molecule has 0 aromatic carbocycles. The standard InChI is InChI=1S/C14H19N5O2/c1-3-12-15-13(18-21-12)10-5-4-6-19(8-10)14(20)11-7-9(2)16-17-11/h7,10H,3-6,8H2,1-2H3,(H,16,17). The molecule has 1 atom stereocenters. The Morgan fingerprint density at radius 1 is 1.57 bits per heavy atom. The molecule has 7 nitrogen and oxygen atoms in total. The van der Waals surface area contributed by atoms with E-state index in [0.717, 1.165) is 31.5 Å². The van der Waals surface area contributed by atoms with Gasteiger partial charge in [-0.15, -0.1) is 0 Å². The highest BCUT2D eigenvalue weighted by molar-refractivity contribution is 5.92. The number of aryl methyl sites for hydroxylation is 2. The van der Waals surface area contributed by atoms with Gasteiger partial charge in [0, 0.05) is 31.1 Å². The van der Waals surface area contributed by atoms with Crippen LogP contribution in [0.2, 0.25) is 0 Å². The molecule has 0 spiro atoms. The molecule has 1 unspecified atom stereocenters. The molecular weight excluding hydrogens is 270 g/mol. The number of H-pyrrole nitrogens is 1. The predicted octanol–water partition coefficient (Wildman–Crippen LogP) is 1.68. The minimum atomic E-state index is -0.0386. The molecule has 7 heteroatoms. The number of likely N-dealkylation sites (tertiary alicyclic amines) is 1. The summed E-state index contributed by atoms with van der Waals surface area (Å²) >= 11 is 0. The Morgan fingerprint density at radius 3 is 3.10 bits per heavy atom. The maximum absolute atomic E-state index is 12.4. The van der Waals surface area contributed by atoms with E-state index in [9.17, 15) is 4.79 Å². The number of carbonyl (C=O) groups is 1. The fourth-order valence-corrected chi connectivity index (χ4v) is 2.64. The van der Waals surface area contributed by atoms with Gasteiger partial charge in [0.15, 0.2) is 5.82 Å². The zero-order valence-corrected chi connectivity index (χ0v) is 12.3. The van der Waals surface area contributed by atoms with Crippen LogP contribution in [-0.2, 0) is 6.42 Å². The topological polar surface area (TPSA) is 87.9 Å². The van der Waals surface area contributed by atoms with Crippen LogP contribution >= 0.6 is 0 Å². The van der Waals surface area contributed by atoms with Gasteiger partial charge in [0.05, 0.1) is 0 Å². The number of carbonyl (C=O) groups excluding carboxylic acids is 1. The van der Waals surface area contributed by atoms with Gasteiger partial charge in [-0.05, 0) is 25.8 Å². The van der Waals surface area contributed by atoms with E-state index in [1.807, 2.05) is 18.7 Å². The second-order valence-electron chi connectivity index (χ2n) is 5.43. The number of piperidine rings is 1. The Balaban J connectivity index is 1.72. The van der Waals surface area contributed by atoms with Crippen molar-refractivity contribution in [3.8, 4) is 0 Å². The molecule has 3 heterocycles. The van der Waals surface area contributed by atoms with E-state index in [0.29, 0.717) is 24.0 Å². The molecule has 3 rings (SSSR count). The molecule has 0 bridgehead atoms. The Hall–Kier alpha value is -2.18. The third-order valence-electron chi connectivity index (χ3n) is 3.79. The summed E-state index contributed by atoms with van der Waals surface area (Å²) in [7, 11) is 0. The highest BCUT2D eigenvalue weighted by atomic mass is 16.5. The second-order valence-corrected chi connectivity index (χ2v) is 5.43. The van der Waals surface area contributed by atoms with Crippen molar-refractivity contribution >= 4 is 5.91 Å². The van der Waals surface area contributed by atoms with Gasteiger partial charge < -0.3 is 9.42 Å². The molecule has 2 aromatic rings. The summed E-state index contributed by atoms with van der Waals surface area (Å²) in [5, 5.41) is 10.9. The lowest BCUT2D eigenvalue weighted by molar-refractivity contribution is 0.0697. The van der Waals surface area contributed by atoms with E-state index in [4.69, 9.17) is 4.52 Å². The summed E-state index contributed by atoms with van der Waals surface area (Å²) in [6.07, 6.45) is 2.65. The number of hydrogen-bond donors (Lipinski definition) is 1. The first-order valence-corrected chi connectivity index (χ1v) is 7.31. The number of aromatic nitrogens is 4. The molecule has 2 aromatic heterocycles. The summed E-state index contributed by atoms with van der Waals surface area (Å²) in [6.45, 7) is 5.23. The van der Waals surface area contributed by atoms with Gasteiger partial charge in [0.2, 0.25) is 5.89 Å². The van der Waals surface area contributed by atoms with Crippen LogP contribution in [-0.4, -0.2) is 44.2 Å². The Morgan fingerprint density at radius 2 is 2.43 bits per heavy atom. The number of amides is 1. The molecule has 1 amide bonds. The highest BCUT2D eigenvalue weighted by Crippen LogP contribution is 2.25. The zero-order valence-electron chi connectivity index (χ0n) is 12.3. The first-order valence-electron chi connectivity index (χ1n) is 7.31. The van der Waals surface area contributed by atoms with Crippen molar-refractivity contribution in [1.82, 2.24) is 25.2 Å². The van der Waals surface area contributed by atoms with Crippen LogP contribution in [0, 0.1) is 6.92 Å². The van der Waals surface area contributed by atoms with E-state index in [-0.39, 0.29) is 11.8 Å². The minimum Gasteiger partial charge on any atom is -0.339 e. The molecular formula is C14H19N5O2. The lowest BCUT2D eigenvalue weighted by atomic mass is 9.97. The smallest absolute Gasteiger partial charge is 0.274 e. The van der Waals surface area contributed by atoms with Crippen LogP contribution < -0.4 is 0 Å². The molecule has 0 radical (unpaired) electrons. The van der Waals surface area contributed by atoms with E-state index < -0.39 is 0 Å². The lowest BCUT2D eigenvalue weighted by Crippen LogP contribution is -2.39. The fraction of sp³-hybridized carbons (Fsp3) is 0.571. The van der Waals surface area contributed by atoms with Gasteiger partial charge in [0.25, 0.3) is 5.91 Å². The Kier molecular flexibility index (Phi) is 3.72. The maximum Gasteiger partial charge on any atom is 0.274 e. The number of nitrogens with zero attached hydrogens (tertiary/aromatic N) is 4. The summed E-state index contributed by atoms with van der Waals surface area (Å²) < 4.78 is 5.17. The number of aromatic amines is 1. The third-order valence-corrected chi connectivity index (χ3v) is 3.79. The highest BCUT2D eigenvalue weighted by Gasteiger charge is 2.29. The van der Waals surface area contributed by atoms with Crippen LogP contribution in [0.15, 0.2) is 10.6 Å². The normalized spacial score (nSPS) is 19.0. The molecule has 1 N–H and O–H groups in total. The monoisotopic (exact) mass is 289 g/mol. The van der Waals surface area contributed by atoms with E-state index in [1.165, 1.54) is 0 Å². The van der Waals surface area contributed by atoms with E-state index in [2.05, 4.69) is 20.3 Å². The third kappa shape index (κ3) is 2.81. The van der Waals surface area contributed by atoms with Crippen molar-refractivity contribution in [2.45, 2.75) is 39.0 Å². The molecule has 1 aliphatic heterocycles. The summed E-state index contributed by atoms with van der Waals surface area (Å²) in [6, 6.07) is 1.77. The van der Waals surface area contributed by atoms with Gasteiger partial charge in [0.1, 0.15) is 5.69 Å². The van der Waals surface area contributed by atoms with Gasteiger partial charge >= 0.3 is 0 Å². The number of nitrogens with one attached hydrogen (secondary N) is 1. The molecule has 0 aliphatic carbocycles. The average molecular weight is 289 g/mol. The summed E-state index contributed by atoms with van der Waals surface area (Å²) in [4.78, 5) is 18.6. The molecule has 21 heavy (non-hydrogen) atoms. The Bertz CT molecular complexity index is 633. The van der Waals surface area contributed by atoms with Crippen LogP contribution in [0.4, 0.5) is 0 Å². The molecule has 1 saturated heterocycles. The molecule has 1 fully saturated rings. The van der Waals surface area contributed by atoms with Gasteiger partial charge in [-0.1, -0.05) is 12.1 Å². The van der Waals surface area contributed by atoms with Crippen molar-refractivity contribution in [2.75, 3.05) is 13.1 Å². The predicted molar refractivity (Wildman–Crippen MR) is 74.9 cm³/mol. The zero-order chi connectivity index (χ0) is 14.8. The van der Waals surface area contributed by atoms with Crippen molar-refractivity contribution in [3.63, 3.8) is 0 Å². The van der Waals surface area contributed by atoms with Crippen molar-refractivity contribution in [2.24, 2.45) is 0 Å². The van der Waals surface area contributed by atoms with Gasteiger partial charge in [-0.2, -0.15) is 10.1 Å². The summed E-state index contributed by atoms with van der Waals surface area (Å²) in [5.41, 5.74) is 1.35. The largest absolute Gasteiger partial charge is 0.339 e. The quantitative estimate of drug-likeness (QED) is 0.928. The van der Waals surface area contributed by atoms with Crippen molar-refractivity contribution in [1.29, 1.82) is 0 Å². The first kappa shape index (κ1) is 13.8. The van der Waals surface area contributed by atoms with Gasteiger partial charge in [-0.25, -0.2) is 0 Å². The minimum absolute atomic E-state index is 0.0386. The van der Waals surface area contributed by atoms with Crippen LogP contribution in [0.5, 0.6) is 0 Å². The van der Waals surface area contributed by atoms with E-state index >= 15 is 0 Å². The van der Waals surface area contributed by atoms with Crippen molar-refractivity contribution in [3.05, 3.63) is 29.2 Å². The number of hydrogen-bond acceptors (Lipinski definition) is 5.